The summed E-state index contributed by atoms with van der Waals surface area (Å²) < 4.78 is 3.83. The van der Waals surface area contributed by atoms with Gasteiger partial charge in [-0.1, -0.05) is 31.2 Å². The second-order valence-electron chi connectivity index (χ2n) is 8.96. The summed E-state index contributed by atoms with van der Waals surface area (Å²) in [6.45, 7) is 8.80. The minimum Gasteiger partial charge on any atom is -0.321 e. The number of amides is 1. The molecule has 2 atom stereocenters. The average Bonchev–Trinajstić information content (AvgIpc) is 3.16. The third-order valence-electron chi connectivity index (χ3n) is 6.25. The van der Waals surface area contributed by atoms with Crippen LogP contribution in [0.3, 0.4) is 0 Å². The molecule has 0 aliphatic heterocycles. The number of carbonyl (C=O) groups excluding carboxylic acids is 1. The zero-order chi connectivity index (χ0) is 23.1. The summed E-state index contributed by atoms with van der Waals surface area (Å²) in [5, 5.41) is 20.0. The van der Waals surface area contributed by atoms with Gasteiger partial charge in [0.2, 0.25) is 0 Å². The Morgan fingerprint density at radius 3 is 2.64 bits per heavy atom. The van der Waals surface area contributed by atoms with Crippen molar-refractivity contribution in [3.63, 3.8) is 0 Å². The Labute approximate surface area is 192 Å². The molecule has 0 radical (unpaired) electrons. The van der Waals surface area contributed by atoms with Crippen LogP contribution in [-0.2, 0) is 6.54 Å². The third-order valence-corrected chi connectivity index (χ3v) is 6.25. The van der Waals surface area contributed by atoms with Gasteiger partial charge in [0.15, 0.2) is 5.82 Å². The number of carbonyl (C=O) groups is 1. The van der Waals surface area contributed by atoms with Crippen LogP contribution in [0.15, 0.2) is 48.5 Å². The smallest absolute Gasteiger partial charge is 0.255 e. The van der Waals surface area contributed by atoms with Crippen LogP contribution in [0.4, 0.5) is 5.69 Å². The molecule has 1 amide bonds. The number of nitrogens with one attached hydrogen (secondary N) is 1. The highest BCUT2D eigenvalue weighted by molar-refractivity contribution is 6.06. The second-order valence-corrected chi connectivity index (χ2v) is 8.96. The van der Waals surface area contributed by atoms with E-state index in [0.29, 0.717) is 29.9 Å². The summed E-state index contributed by atoms with van der Waals surface area (Å²) in [5.41, 5.74) is 6.20. The molecule has 0 unspecified atom stereocenters. The number of hydrogen-bond acceptors (Lipinski definition) is 5. The highest BCUT2D eigenvalue weighted by Gasteiger charge is 2.37. The van der Waals surface area contributed by atoms with E-state index in [-0.39, 0.29) is 5.91 Å². The highest BCUT2D eigenvalue weighted by Crippen LogP contribution is 2.44. The van der Waals surface area contributed by atoms with Crippen LogP contribution in [0, 0.1) is 26.7 Å². The van der Waals surface area contributed by atoms with Crippen molar-refractivity contribution in [2.24, 2.45) is 5.92 Å². The number of hydrogen-bond donors (Lipinski definition) is 1. The summed E-state index contributed by atoms with van der Waals surface area (Å²) >= 11 is 0. The van der Waals surface area contributed by atoms with Crippen molar-refractivity contribution in [2.75, 3.05) is 5.32 Å². The van der Waals surface area contributed by atoms with Gasteiger partial charge in [0.1, 0.15) is 0 Å². The van der Waals surface area contributed by atoms with Crippen molar-refractivity contribution >= 4 is 11.6 Å². The van der Waals surface area contributed by atoms with Crippen LogP contribution in [0.2, 0.25) is 0 Å². The van der Waals surface area contributed by atoms with E-state index in [1.807, 2.05) is 78.7 Å². The van der Waals surface area contributed by atoms with Gasteiger partial charge < -0.3 is 5.32 Å². The summed E-state index contributed by atoms with van der Waals surface area (Å²) in [4.78, 5) is 13.3. The normalized spacial score (nSPS) is 17.2. The number of tetrazole rings is 1. The van der Waals surface area contributed by atoms with Crippen molar-refractivity contribution in [1.82, 2.24) is 30.0 Å². The topological polar surface area (TPSA) is 90.5 Å². The Bertz CT molecular complexity index is 1340. The molecule has 1 N–H and O–H groups in total. The molecule has 8 nitrogen and oxygen atoms in total. The molecule has 33 heavy (non-hydrogen) atoms. The maximum Gasteiger partial charge on any atom is 0.255 e. The number of nitrogens with zero attached hydrogens (tertiary/aromatic N) is 6. The molecule has 0 saturated heterocycles. The monoisotopic (exact) mass is 441 g/mol. The van der Waals surface area contributed by atoms with E-state index in [0.717, 1.165) is 40.2 Å². The summed E-state index contributed by atoms with van der Waals surface area (Å²) in [5.74, 6) is 1.07. The van der Waals surface area contributed by atoms with Crippen molar-refractivity contribution in [3.05, 3.63) is 76.6 Å². The fourth-order valence-electron chi connectivity index (χ4n) is 4.26. The Balaban J connectivity index is 1.42. The van der Waals surface area contributed by atoms with Gasteiger partial charge in [-0.05, 0) is 78.9 Å². The Morgan fingerprint density at radius 2 is 1.91 bits per heavy atom. The average molecular weight is 442 g/mol. The molecule has 1 saturated carbocycles. The molecule has 2 heterocycles. The van der Waals surface area contributed by atoms with Gasteiger partial charge in [0, 0.05) is 16.8 Å². The maximum absolute atomic E-state index is 13.3. The van der Waals surface area contributed by atoms with Crippen LogP contribution in [0.25, 0.3) is 11.4 Å². The molecule has 1 fully saturated rings. The highest BCUT2D eigenvalue weighted by atomic mass is 16.1. The molecule has 4 aromatic rings. The lowest BCUT2D eigenvalue weighted by Crippen LogP contribution is -2.15. The van der Waals surface area contributed by atoms with E-state index in [9.17, 15) is 4.79 Å². The van der Waals surface area contributed by atoms with Crippen LogP contribution >= 0.6 is 0 Å². The van der Waals surface area contributed by atoms with Gasteiger partial charge in [-0.2, -0.15) is 5.10 Å². The van der Waals surface area contributed by atoms with Crippen molar-refractivity contribution in [1.29, 1.82) is 0 Å². The molecule has 1 aliphatic rings. The van der Waals surface area contributed by atoms with Crippen LogP contribution in [0.1, 0.15) is 52.3 Å². The zero-order valence-corrected chi connectivity index (χ0v) is 19.3. The summed E-state index contributed by atoms with van der Waals surface area (Å²) in [6.07, 6.45) is 1.06. The Morgan fingerprint density at radius 1 is 1.12 bits per heavy atom. The minimum absolute atomic E-state index is 0.167. The van der Waals surface area contributed by atoms with Gasteiger partial charge in [0.25, 0.3) is 5.91 Å². The van der Waals surface area contributed by atoms with Crippen LogP contribution in [-0.4, -0.2) is 35.9 Å². The van der Waals surface area contributed by atoms with Crippen LogP contribution < -0.4 is 5.32 Å². The number of aromatic nitrogens is 6. The van der Waals surface area contributed by atoms with E-state index in [2.05, 4.69) is 32.9 Å². The molecule has 5 rings (SSSR count). The van der Waals surface area contributed by atoms with Crippen molar-refractivity contribution < 1.29 is 4.79 Å². The van der Waals surface area contributed by atoms with Gasteiger partial charge in [-0.25, -0.2) is 4.68 Å². The standard InChI is InChI=1S/C25H27N7O/c1-15-7-5-10-21(24-27-29-30-32(24)22-11-16(22)2)23(15)26-25(33)20-9-6-8-19(13-20)14-31-18(4)12-17(3)28-31/h5-10,12-13,16,22H,11,14H2,1-4H3,(H,26,33)/t16-,22-/m1/s1. The molecule has 0 spiro atoms. The number of anilines is 1. The molecular weight excluding hydrogens is 414 g/mol. The quantitative estimate of drug-likeness (QED) is 0.481. The predicted molar refractivity (Wildman–Crippen MR) is 126 cm³/mol. The fourth-order valence-corrected chi connectivity index (χ4v) is 4.26. The largest absolute Gasteiger partial charge is 0.321 e. The number of benzene rings is 2. The van der Waals surface area contributed by atoms with Gasteiger partial charge in [-0.3, -0.25) is 9.48 Å². The predicted octanol–water partition coefficient (Wildman–Crippen LogP) is 4.34. The van der Waals surface area contributed by atoms with Crippen molar-refractivity contribution in [2.45, 2.75) is 46.7 Å². The molecule has 2 aromatic heterocycles. The SMILES string of the molecule is Cc1cc(C)n(Cc2cccc(C(=O)Nc3c(C)cccc3-c3nnnn3[C@@H]3C[C@H]3C)c2)n1. The van der Waals surface area contributed by atoms with E-state index < -0.39 is 0 Å². The van der Waals surface area contributed by atoms with E-state index in [4.69, 9.17) is 0 Å². The molecular formula is C25H27N7O. The molecule has 8 heteroatoms. The number of rotatable bonds is 6. The lowest BCUT2D eigenvalue weighted by atomic mass is 10.1. The van der Waals surface area contributed by atoms with E-state index >= 15 is 0 Å². The first-order valence-electron chi connectivity index (χ1n) is 11.2. The lowest BCUT2D eigenvalue weighted by molar-refractivity contribution is 0.102. The fraction of sp³-hybridized carbons (Fsp3) is 0.320. The van der Waals surface area contributed by atoms with Gasteiger partial charge in [-0.15, -0.1) is 5.10 Å². The van der Waals surface area contributed by atoms with E-state index in [1.54, 1.807) is 0 Å². The van der Waals surface area contributed by atoms with Crippen molar-refractivity contribution in [3.8, 4) is 11.4 Å². The van der Waals surface area contributed by atoms with Gasteiger partial charge in [0.05, 0.1) is 24.0 Å². The molecule has 2 aromatic carbocycles. The molecule has 1 aliphatic carbocycles. The maximum atomic E-state index is 13.3. The lowest BCUT2D eigenvalue weighted by Gasteiger charge is -2.14. The zero-order valence-electron chi connectivity index (χ0n) is 19.3. The first kappa shape index (κ1) is 21.1. The second kappa shape index (κ2) is 8.27. The third kappa shape index (κ3) is 4.16. The first-order chi connectivity index (χ1) is 15.9. The van der Waals surface area contributed by atoms with E-state index in [1.165, 1.54) is 0 Å². The summed E-state index contributed by atoms with van der Waals surface area (Å²) in [7, 11) is 0. The first-order valence-corrected chi connectivity index (χ1v) is 11.2. The van der Waals surface area contributed by atoms with Crippen LogP contribution in [0.5, 0.6) is 0 Å². The Hall–Kier alpha value is -3.81. The number of aryl methyl sites for hydroxylation is 3. The number of para-hydroxylation sites is 1. The molecule has 168 valence electrons. The van der Waals surface area contributed by atoms with Gasteiger partial charge >= 0.3 is 0 Å². The summed E-state index contributed by atoms with van der Waals surface area (Å²) in [6, 6.07) is 15.9. The Kier molecular flexibility index (Phi) is 5.28. The molecule has 0 bridgehead atoms. The minimum atomic E-state index is -0.167.